The number of likely N-dealkylation sites (tertiary alicyclic amines) is 1. The molecule has 0 radical (unpaired) electrons. The van der Waals surface area contributed by atoms with Crippen molar-refractivity contribution in [1.29, 1.82) is 0 Å². The Balaban J connectivity index is 2.22. The van der Waals surface area contributed by atoms with E-state index in [-0.39, 0.29) is 10.5 Å². The zero-order valence-electron chi connectivity index (χ0n) is 10.8. The maximum Gasteiger partial charge on any atom is 0.260 e. The number of nitrogens with zero attached hydrogens (tertiary/aromatic N) is 1. The molecule has 0 aromatic heterocycles. The van der Waals surface area contributed by atoms with Gasteiger partial charge in [-0.25, -0.2) is 8.78 Å². The number of hydrogen-bond acceptors (Lipinski definition) is 1. The van der Waals surface area contributed by atoms with Crippen LogP contribution in [-0.4, -0.2) is 29.3 Å². The molecule has 1 atom stereocenters. The van der Waals surface area contributed by atoms with Gasteiger partial charge < -0.3 is 4.90 Å². The van der Waals surface area contributed by atoms with E-state index < -0.39 is 23.1 Å². The zero-order valence-corrected chi connectivity index (χ0v) is 13.2. The summed E-state index contributed by atoms with van der Waals surface area (Å²) in [7, 11) is 0. The van der Waals surface area contributed by atoms with Crippen LogP contribution >= 0.6 is 27.5 Å². The molecule has 1 heterocycles. The quantitative estimate of drug-likeness (QED) is 0.726. The first-order valence-corrected chi connectivity index (χ1v) is 7.89. The Morgan fingerprint density at radius 1 is 1.40 bits per heavy atom. The Kier molecular flexibility index (Phi) is 5.38. The van der Waals surface area contributed by atoms with Crippen LogP contribution in [-0.2, 0) is 0 Å². The Morgan fingerprint density at radius 3 is 2.65 bits per heavy atom. The maximum absolute atomic E-state index is 13.9. The molecule has 0 N–H and O–H groups in total. The number of amides is 1. The van der Waals surface area contributed by atoms with Crippen LogP contribution in [0.5, 0.6) is 0 Å². The molecule has 0 spiro atoms. The summed E-state index contributed by atoms with van der Waals surface area (Å²) in [5, 5.41) is 0. The van der Waals surface area contributed by atoms with E-state index in [9.17, 15) is 13.6 Å². The molecule has 2 rings (SSSR count). The second-order valence-electron chi connectivity index (χ2n) is 4.87. The monoisotopic (exact) mass is 365 g/mol. The molecule has 1 aromatic carbocycles. The number of hydrogen-bond donors (Lipinski definition) is 0. The van der Waals surface area contributed by atoms with E-state index in [4.69, 9.17) is 11.6 Å². The fourth-order valence-corrected chi connectivity index (χ4v) is 3.16. The van der Waals surface area contributed by atoms with E-state index in [0.29, 0.717) is 12.4 Å². The first kappa shape index (κ1) is 15.7. The molecule has 1 amide bonds. The molecule has 0 aliphatic carbocycles. The second kappa shape index (κ2) is 6.85. The molecule has 1 aromatic rings. The predicted octanol–water partition coefficient (Wildman–Crippen LogP) is 4.35. The van der Waals surface area contributed by atoms with Crippen LogP contribution in [0.15, 0.2) is 16.6 Å². The Morgan fingerprint density at radius 2 is 2.05 bits per heavy atom. The van der Waals surface area contributed by atoms with Gasteiger partial charge in [-0.1, -0.05) is 15.9 Å². The van der Waals surface area contributed by atoms with E-state index in [2.05, 4.69) is 15.9 Å². The van der Waals surface area contributed by atoms with Gasteiger partial charge >= 0.3 is 0 Å². The molecule has 1 saturated heterocycles. The fourth-order valence-electron chi connectivity index (χ4n) is 2.61. The second-order valence-corrected chi connectivity index (χ2v) is 6.16. The van der Waals surface area contributed by atoms with E-state index in [0.717, 1.165) is 37.8 Å². The summed E-state index contributed by atoms with van der Waals surface area (Å²) in [5.41, 5.74) is -0.467. The van der Waals surface area contributed by atoms with Gasteiger partial charge in [0.2, 0.25) is 0 Å². The van der Waals surface area contributed by atoms with E-state index in [1.54, 1.807) is 4.90 Å². The van der Waals surface area contributed by atoms with Gasteiger partial charge in [-0.15, -0.1) is 11.6 Å². The Labute approximate surface area is 130 Å². The van der Waals surface area contributed by atoms with Crippen molar-refractivity contribution in [2.24, 2.45) is 0 Å². The third kappa shape index (κ3) is 3.31. The van der Waals surface area contributed by atoms with Crippen molar-refractivity contribution < 1.29 is 13.6 Å². The van der Waals surface area contributed by atoms with E-state index in [1.165, 1.54) is 0 Å². The van der Waals surface area contributed by atoms with Crippen LogP contribution in [0.25, 0.3) is 0 Å². The third-order valence-corrected chi connectivity index (χ3v) is 4.25. The van der Waals surface area contributed by atoms with Gasteiger partial charge in [0.15, 0.2) is 0 Å². The van der Waals surface area contributed by atoms with Gasteiger partial charge in [0, 0.05) is 22.9 Å². The Hall–Kier alpha value is -0.680. The van der Waals surface area contributed by atoms with Crippen molar-refractivity contribution in [2.75, 3.05) is 12.4 Å². The standard InChI is InChI=1S/C14H15BrClF2NO/c15-9-7-11(17)13(12(18)8-9)14(20)19-6-2-4-10(19)3-1-5-16/h7-8,10H,1-6H2. The average molecular weight is 367 g/mol. The van der Waals surface area contributed by atoms with Crippen LogP contribution in [0.4, 0.5) is 8.78 Å². The van der Waals surface area contributed by atoms with Crippen molar-refractivity contribution in [3.8, 4) is 0 Å². The maximum atomic E-state index is 13.9. The molecule has 1 aliphatic heterocycles. The van der Waals surface area contributed by atoms with Crippen molar-refractivity contribution in [3.63, 3.8) is 0 Å². The number of halogens is 4. The van der Waals surface area contributed by atoms with E-state index >= 15 is 0 Å². The summed E-state index contributed by atoms with van der Waals surface area (Å²) in [5.74, 6) is -1.70. The molecule has 1 unspecified atom stereocenters. The molecular weight excluding hydrogens is 352 g/mol. The number of alkyl halides is 1. The largest absolute Gasteiger partial charge is 0.335 e. The van der Waals surface area contributed by atoms with Crippen LogP contribution in [0.3, 0.4) is 0 Å². The van der Waals surface area contributed by atoms with Crippen molar-refractivity contribution in [1.82, 2.24) is 4.90 Å². The van der Waals surface area contributed by atoms with E-state index in [1.807, 2.05) is 0 Å². The minimum absolute atomic E-state index is 0.0312. The summed E-state index contributed by atoms with van der Waals surface area (Å²) in [6, 6.07) is 2.25. The predicted molar refractivity (Wildman–Crippen MR) is 78.1 cm³/mol. The van der Waals surface area contributed by atoms with Gasteiger partial charge in [0.25, 0.3) is 5.91 Å². The lowest BCUT2D eigenvalue weighted by atomic mass is 10.1. The SMILES string of the molecule is O=C(c1c(F)cc(Br)cc1F)N1CCCC1CCCCl. The van der Waals surface area contributed by atoms with Crippen LogP contribution in [0.2, 0.25) is 0 Å². The van der Waals surface area contributed by atoms with Gasteiger partial charge in [-0.3, -0.25) is 4.79 Å². The smallest absolute Gasteiger partial charge is 0.260 e. The first-order chi connectivity index (χ1) is 9.54. The molecule has 1 aliphatic rings. The minimum Gasteiger partial charge on any atom is -0.335 e. The van der Waals surface area contributed by atoms with Crippen molar-refractivity contribution in [3.05, 3.63) is 33.8 Å². The first-order valence-electron chi connectivity index (χ1n) is 6.56. The average Bonchev–Trinajstić information content (AvgIpc) is 2.83. The molecule has 2 nitrogen and oxygen atoms in total. The van der Waals surface area contributed by atoms with Gasteiger partial charge in [-0.05, 0) is 37.8 Å². The summed E-state index contributed by atoms with van der Waals surface area (Å²) in [6.45, 7) is 0.542. The number of benzene rings is 1. The lowest BCUT2D eigenvalue weighted by Gasteiger charge is -2.25. The fraction of sp³-hybridized carbons (Fsp3) is 0.500. The van der Waals surface area contributed by atoms with Crippen LogP contribution in [0, 0.1) is 11.6 Å². The molecule has 6 heteroatoms. The van der Waals surface area contributed by atoms with Gasteiger partial charge in [0.05, 0.1) is 0 Å². The zero-order chi connectivity index (χ0) is 14.7. The van der Waals surface area contributed by atoms with Crippen molar-refractivity contribution in [2.45, 2.75) is 31.7 Å². The van der Waals surface area contributed by atoms with Crippen LogP contribution in [0.1, 0.15) is 36.0 Å². The highest BCUT2D eigenvalue weighted by Crippen LogP contribution is 2.27. The molecular formula is C14H15BrClF2NO. The summed E-state index contributed by atoms with van der Waals surface area (Å²) >= 11 is 8.67. The third-order valence-electron chi connectivity index (χ3n) is 3.53. The number of carbonyl (C=O) groups is 1. The lowest BCUT2D eigenvalue weighted by molar-refractivity contribution is 0.0720. The van der Waals surface area contributed by atoms with Gasteiger partial charge in [-0.2, -0.15) is 0 Å². The highest BCUT2D eigenvalue weighted by molar-refractivity contribution is 9.10. The molecule has 0 saturated carbocycles. The highest BCUT2D eigenvalue weighted by Gasteiger charge is 2.32. The van der Waals surface area contributed by atoms with Gasteiger partial charge in [0.1, 0.15) is 17.2 Å². The van der Waals surface area contributed by atoms with Crippen molar-refractivity contribution >= 4 is 33.4 Å². The molecule has 0 bridgehead atoms. The molecule has 1 fully saturated rings. The summed E-state index contributed by atoms with van der Waals surface area (Å²) < 4.78 is 28.0. The Bertz CT molecular complexity index is 489. The topological polar surface area (TPSA) is 20.3 Å². The number of carbonyl (C=O) groups excluding carboxylic acids is 1. The lowest BCUT2D eigenvalue weighted by Crippen LogP contribution is -2.36. The normalized spacial score (nSPS) is 18.6. The number of rotatable bonds is 4. The highest BCUT2D eigenvalue weighted by atomic mass is 79.9. The summed E-state index contributed by atoms with van der Waals surface area (Å²) in [6.07, 6.45) is 3.29. The molecule has 110 valence electrons. The van der Waals surface area contributed by atoms with Crippen LogP contribution < -0.4 is 0 Å². The summed E-state index contributed by atoms with van der Waals surface area (Å²) in [4.78, 5) is 13.9. The molecule has 20 heavy (non-hydrogen) atoms. The minimum atomic E-state index is -0.829.